The number of imidazole rings is 1. The summed E-state index contributed by atoms with van der Waals surface area (Å²) in [7, 11) is 1.91. The molecular formula is C15H11FN4O. The number of nitrogens with zero attached hydrogens (tertiary/aromatic N) is 4. The molecule has 21 heavy (non-hydrogen) atoms. The zero-order valence-electron chi connectivity index (χ0n) is 11.2. The van der Waals surface area contributed by atoms with Gasteiger partial charge in [-0.25, -0.2) is 9.37 Å². The summed E-state index contributed by atoms with van der Waals surface area (Å²) in [6, 6.07) is 6.38. The van der Waals surface area contributed by atoms with E-state index in [1.807, 2.05) is 11.6 Å². The molecule has 0 fully saturated rings. The van der Waals surface area contributed by atoms with Gasteiger partial charge in [0.25, 0.3) is 0 Å². The number of fused-ring (bicyclic) bond motifs is 3. The molecule has 0 aliphatic carbocycles. The van der Waals surface area contributed by atoms with Crippen molar-refractivity contribution in [2.75, 3.05) is 0 Å². The average Bonchev–Trinajstić information content (AvgIpc) is 3.08. The van der Waals surface area contributed by atoms with E-state index in [-0.39, 0.29) is 5.82 Å². The molecule has 0 saturated heterocycles. The third-order valence-corrected chi connectivity index (χ3v) is 3.58. The second kappa shape index (κ2) is 4.37. The van der Waals surface area contributed by atoms with Crippen LogP contribution in [0.2, 0.25) is 0 Å². The fourth-order valence-corrected chi connectivity index (χ4v) is 2.57. The van der Waals surface area contributed by atoms with Gasteiger partial charge in [-0.1, -0.05) is 5.16 Å². The SMILES string of the molecule is Cn1c(Cc2ccon2)nc2cnc3ccc(F)cc3c21. The van der Waals surface area contributed by atoms with Crippen LogP contribution < -0.4 is 0 Å². The van der Waals surface area contributed by atoms with Gasteiger partial charge >= 0.3 is 0 Å². The van der Waals surface area contributed by atoms with E-state index >= 15 is 0 Å². The van der Waals surface area contributed by atoms with Crippen LogP contribution in [0.4, 0.5) is 4.39 Å². The van der Waals surface area contributed by atoms with Gasteiger partial charge in [-0.15, -0.1) is 0 Å². The summed E-state index contributed by atoms with van der Waals surface area (Å²) in [6.07, 6.45) is 3.80. The average molecular weight is 282 g/mol. The number of hydrogen-bond acceptors (Lipinski definition) is 4. The number of pyridine rings is 1. The smallest absolute Gasteiger partial charge is 0.124 e. The molecule has 4 rings (SSSR count). The van der Waals surface area contributed by atoms with Gasteiger partial charge in [0.15, 0.2) is 0 Å². The lowest BCUT2D eigenvalue weighted by Gasteiger charge is -2.03. The maximum absolute atomic E-state index is 13.5. The highest BCUT2D eigenvalue weighted by atomic mass is 19.1. The van der Waals surface area contributed by atoms with E-state index in [1.54, 1.807) is 18.3 Å². The molecule has 0 N–H and O–H groups in total. The normalized spacial score (nSPS) is 11.5. The minimum atomic E-state index is -0.281. The van der Waals surface area contributed by atoms with Crippen molar-refractivity contribution in [2.45, 2.75) is 6.42 Å². The van der Waals surface area contributed by atoms with E-state index in [4.69, 9.17) is 4.52 Å². The van der Waals surface area contributed by atoms with E-state index in [0.717, 1.165) is 33.5 Å². The van der Waals surface area contributed by atoms with Crippen LogP contribution in [0.1, 0.15) is 11.5 Å². The third-order valence-electron chi connectivity index (χ3n) is 3.58. The highest BCUT2D eigenvalue weighted by Crippen LogP contribution is 2.25. The summed E-state index contributed by atoms with van der Waals surface area (Å²) in [5.74, 6) is 0.550. The molecule has 0 amide bonds. The first-order chi connectivity index (χ1) is 10.2. The summed E-state index contributed by atoms with van der Waals surface area (Å²) in [6.45, 7) is 0. The maximum Gasteiger partial charge on any atom is 0.124 e. The number of rotatable bonds is 2. The lowest BCUT2D eigenvalue weighted by Crippen LogP contribution is -1.99. The molecular weight excluding hydrogens is 271 g/mol. The van der Waals surface area contributed by atoms with Crippen LogP contribution in [0.3, 0.4) is 0 Å². The van der Waals surface area contributed by atoms with Crippen LogP contribution >= 0.6 is 0 Å². The van der Waals surface area contributed by atoms with Gasteiger partial charge in [-0.3, -0.25) is 4.98 Å². The number of halogens is 1. The Kier molecular flexibility index (Phi) is 2.50. The monoisotopic (exact) mass is 282 g/mol. The third kappa shape index (κ3) is 1.87. The molecule has 6 heteroatoms. The molecule has 3 aromatic heterocycles. The number of aromatic nitrogens is 4. The van der Waals surface area contributed by atoms with Crippen LogP contribution in [-0.4, -0.2) is 19.7 Å². The van der Waals surface area contributed by atoms with Gasteiger partial charge in [0.05, 0.1) is 29.3 Å². The molecule has 0 aliphatic heterocycles. The fourth-order valence-electron chi connectivity index (χ4n) is 2.57. The number of benzene rings is 1. The Labute approximate surface area is 119 Å². The van der Waals surface area contributed by atoms with Gasteiger partial charge in [-0.05, 0) is 18.2 Å². The Bertz CT molecular complexity index is 943. The van der Waals surface area contributed by atoms with E-state index in [1.165, 1.54) is 18.4 Å². The summed E-state index contributed by atoms with van der Waals surface area (Å²) < 4.78 is 20.3. The van der Waals surface area contributed by atoms with Crippen molar-refractivity contribution in [1.82, 2.24) is 19.7 Å². The minimum absolute atomic E-state index is 0.281. The lowest BCUT2D eigenvalue weighted by molar-refractivity contribution is 0.412. The zero-order chi connectivity index (χ0) is 14.4. The van der Waals surface area contributed by atoms with Crippen molar-refractivity contribution in [3.8, 4) is 0 Å². The van der Waals surface area contributed by atoms with E-state index in [2.05, 4.69) is 15.1 Å². The van der Waals surface area contributed by atoms with Gasteiger partial charge in [0, 0.05) is 18.5 Å². The Morgan fingerprint density at radius 2 is 2.14 bits per heavy atom. The second-order valence-electron chi connectivity index (χ2n) is 4.91. The molecule has 0 atom stereocenters. The lowest BCUT2D eigenvalue weighted by atomic mass is 10.2. The molecule has 0 saturated carbocycles. The van der Waals surface area contributed by atoms with Crippen LogP contribution in [0.15, 0.2) is 41.2 Å². The van der Waals surface area contributed by atoms with Gasteiger partial charge in [0.2, 0.25) is 0 Å². The predicted octanol–water partition coefficient (Wildman–Crippen LogP) is 2.84. The largest absolute Gasteiger partial charge is 0.364 e. The standard InChI is InChI=1S/C15H11FN4O/c1-20-14(7-10-4-5-21-19-10)18-13-8-17-12-3-2-9(16)6-11(12)15(13)20/h2-6,8H,7H2,1H3. The Hall–Kier alpha value is -2.76. The Morgan fingerprint density at radius 1 is 1.24 bits per heavy atom. The highest BCUT2D eigenvalue weighted by Gasteiger charge is 2.13. The van der Waals surface area contributed by atoms with Gasteiger partial charge in [-0.2, -0.15) is 0 Å². The summed E-state index contributed by atoms with van der Waals surface area (Å²) >= 11 is 0. The zero-order valence-corrected chi connectivity index (χ0v) is 11.2. The molecule has 0 aliphatic rings. The van der Waals surface area contributed by atoms with Crippen molar-refractivity contribution in [3.05, 3.63) is 54.1 Å². The van der Waals surface area contributed by atoms with Crippen LogP contribution in [0, 0.1) is 5.82 Å². The number of aryl methyl sites for hydroxylation is 1. The molecule has 0 radical (unpaired) electrons. The van der Waals surface area contributed by atoms with Crippen molar-refractivity contribution in [2.24, 2.45) is 7.05 Å². The highest BCUT2D eigenvalue weighted by molar-refractivity contribution is 6.02. The van der Waals surface area contributed by atoms with E-state index in [0.29, 0.717) is 6.42 Å². The molecule has 3 heterocycles. The topological polar surface area (TPSA) is 56.7 Å². The van der Waals surface area contributed by atoms with Gasteiger partial charge < -0.3 is 9.09 Å². The second-order valence-corrected chi connectivity index (χ2v) is 4.91. The van der Waals surface area contributed by atoms with Crippen molar-refractivity contribution >= 4 is 21.9 Å². The van der Waals surface area contributed by atoms with Crippen LogP contribution in [0.25, 0.3) is 21.9 Å². The molecule has 4 aromatic rings. The molecule has 1 aromatic carbocycles. The number of hydrogen-bond donors (Lipinski definition) is 0. The van der Waals surface area contributed by atoms with Crippen molar-refractivity contribution in [3.63, 3.8) is 0 Å². The van der Waals surface area contributed by atoms with E-state index in [9.17, 15) is 4.39 Å². The molecule has 0 bridgehead atoms. The van der Waals surface area contributed by atoms with Crippen LogP contribution in [-0.2, 0) is 13.5 Å². The Morgan fingerprint density at radius 3 is 2.95 bits per heavy atom. The van der Waals surface area contributed by atoms with Gasteiger partial charge in [0.1, 0.15) is 23.4 Å². The van der Waals surface area contributed by atoms with Crippen molar-refractivity contribution in [1.29, 1.82) is 0 Å². The first-order valence-electron chi connectivity index (χ1n) is 6.51. The molecule has 5 nitrogen and oxygen atoms in total. The first kappa shape index (κ1) is 12.0. The minimum Gasteiger partial charge on any atom is -0.364 e. The summed E-state index contributed by atoms with van der Waals surface area (Å²) in [5.41, 5.74) is 3.17. The quantitative estimate of drug-likeness (QED) is 0.567. The molecule has 0 unspecified atom stereocenters. The maximum atomic E-state index is 13.5. The summed E-state index contributed by atoms with van der Waals surface area (Å²) in [4.78, 5) is 8.89. The first-order valence-corrected chi connectivity index (χ1v) is 6.51. The molecule has 104 valence electrons. The van der Waals surface area contributed by atoms with Crippen molar-refractivity contribution < 1.29 is 8.91 Å². The van der Waals surface area contributed by atoms with Crippen LogP contribution in [0.5, 0.6) is 0 Å². The summed E-state index contributed by atoms with van der Waals surface area (Å²) in [5, 5.41) is 4.65. The Balaban J connectivity index is 1.97. The molecule has 0 spiro atoms. The van der Waals surface area contributed by atoms with E-state index < -0.39 is 0 Å². The predicted molar refractivity (Wildman–Crippen MR) is 75.3 cm³/mol. The fraction of sp³-hybridized carbons (Fsp3) is 0.133.